The van der Waals surface area contributed by atoms with E-state index in [-0.39, 0.29) is 5.92 Å². The van der Waals surface area contributed by atoms with Gasteiger partial charge >= 0.3 is 0 Å². The van der Waals surface area contributed by atoms with Crippen LogP contribution in [-0.4, -0.2) is 5.88 Å². The second kappa shape index (κ2) is 6.49. The molecule has 0 saturated heterocycles. The number of alkyl halides is 1. The Bertz CT molecular complexity index is 555. The van der Waals surface area contributed by atoms with Crippen LogP contribution in [0.3, 0.4) is 0 Å². The van der Waals surface area contributed by atoms with Gasteiger partial charge < -0.3 is 0 Å². The van der Waals surface area contributed by atoms with Gasteiger partial charge in [0, 0.05) is 16.3 Å². The van der Waals surface area contributed by atoms with E-state index < -0.39 is 11.6 Å². The van der Waals surface area contributed by atoms with E-state index in [1.807, 2.05) is 24.3 Å². The lowest BCUT2D eigenvalue weighted by molar-refractivity contribution is 0.506. The lowest BCUT2D eigenvalue weighted by Gasteiger charge is -2.14. The molecule has 0 aromatic heterocycles. The van der Waals surface area contributed by atoms with E-state index in [1.165, 1.54) is 6.07 Å². The third kappa shape index (κ3) is 3.77. The minimum Gasteiger partial charge on any atom is -0.204 e. The Kier molecular flexibility index (Phi) is 4.94. The van der Waals surface area contributed by atoms with Crippen LogP contribution in [0.25, 0.3) is 0 Å². The number of hydrogen-bond acceptors (Lipinski definition) is 0. The van der Waals surface area contributed by atoms with Crippen LogP contribution in [0, 0.1) is 11.6 Å². The smallest absolute Gasteiger partial charge is 0.159 e. The van der Waals surface area contributed by atoms with Gasteiger partial charge in [-0.3, -0.25) is 0 Å². The molecule has 1 atom stereocenters. The van der Waals surface area contributed by atoms with Gasteiger partial charge in [-0.25, -0.2) is 8.78 Å². The summed E-state index contributed by atoms with van der Waals surface area (Å²) in [4.78, 5) is 0. The lowest BCUT2D eigenvalue weighted by atomic mass is 9.93. The zero-order valence-electron chi connectivity index (χ0n) is 10.0. The fourth-order valence-electron chi connectivity index (χ4n) is 1.95. The molecule has 0 N–H and O–H groups in total. The van der Waals surface area contributed by atoms with E-state index in [1.54, 1.807) is 6.07 Å². The minimum atomic E-state index is -0.824. The first-order chi connectivity index (χ1) is 9.10. The predicted octanol–water partition coefficient (Wildman–Crippen LogP) is 5.29. The quantitative estimate of drug-likeness (QED) is 0.660. The zero-order chi connectivity index (χ0) is 13.8. The molecule has 0 spiro atoms. The van der Waals surface area contributed by atoms with Crippen molar-refractivity contribution in [2.75, 3.05) is 5.88 Å². The Balaban J connectivity index is 2.18. The van der Waals surface area contributed by atoms with E-state index in [9.17, 15) is 8.78 Å². The molecular formula is C15H12BrClF2. The van der Waals surface area contributed by atoms with Gasteiger partial charge in [0.2, 0.25) is 0 Å². The highest BCUT2D eigenvalue weighted by molar-refractivity contribution is 9.10. The van der Waals surface area contributed by atoms with E-state index in [2.05, 4.69) is 15.9 Å². The highest BCUT2D eigenvalue weighted by atomic mass is 79.9. The highest BCUT2D eigenvalue weighted by Gasteiger charge is 2.12. The average molecular weight is 346 g/mol. The van der Waals surface area contributed by atoms with Gasteiger partial charge in [-0.1, -0.05) is 34.1 Å². The molecule has 2 rings (SSSR count). The van der Waals surface area contributed by atoms with Crippen LogP contribution >= 0.6 is 27.5 Å². The van der Waals surface area contributed by atoms with Gasteiger partial charge in [-0.2, -0.15) is 0 Å². The molecule has 100 valence electrons. The van der Waals surface area contributed by atoms with Crippen LogP contribution in [0.2, 0.25) is 0 Å². The molecule has 0 heterocycles. The van der Waals surface area contributed by atoms with E-state index in [0.717, 1.165) is 21.7 Å². The third-order valence-electron chi connectivity index (χ3n) is 2.99. The summed E-state index contributed by atoms with van der Waals surface area (Å²) in [6.45, 7) is 0. The summed E-state index contributed by atoms with van der Waals surface area (Å²) in [6.07, 6.45) is 0.586. The van der Waals surface area contributed by atoms with E-state index in [0.29, 0.717) is 12.3 Å². The minimum absolute atomic E-state index is 0.0830. The van der Waals surface area contributed by atoms with Crippen LogP contribution in [0.5, 0.6) is 0 Å². The van der Waals surface area contributed by atoms with Crippen LogP contribution in [0.15, 0.2) is 46.9 Å². The molecule has 0 aliphatic carbocycles. The molecule has 0 aliphatic heterocycles. The van der Waals surface area contributed by atoms with Gasteiger partial charge in [0.25, 0.3) is 0 Å². The highest BCUT2D eigenvalue weighted by Crippen LogP contribution is 2.24. The van der Waals surface area contributed by atoms with Gasteiger partial charge in [0.1, 0.15) is 0 Å². The number of halogens is 4. The zero-order valence-corrected chi connectivity index (χ0v) is 12.4. The Morgan fingerprint density at radius 2 is 1.68 bits per heavy atom. The standard InChI is InChI=1S/C15H12BrClF2/c16-13-4-2-11(3-5-13)12(9-17)7-10-1-6-14(18)15(19)8-10/h1-6,8,12H,7,9H2. The summed E-state index contributed by atoms with van der Waals surface area (Å²) in [7, 11) is 0. The van der Waals surface area contributed by atoms with Crippen LogP contribution < -0.4 is 0 Å². The summed E-state index contributed by atoms with van der Waals surface area (Å²) in [5, 5.41) is 0. The molecule has 1 unspecified atom stereocenters. The number of rotatable bonds is 4. The first-order valence-corrected chi connectivity index (χ1v) is 7.18. The topological polar surface area (TPSA) is 0 Å². The van der Waals surface area contributed by atoms with Gasteiger partial charge in [0.15, 0.2) is 11.6 Å². The summed E-state index contributed by atoms with van der Waals surface area (Å²) >= 11 is 9.36. The molecule has 19 heavy (non-hydrogen) atoms. The van der Waals surface area contributed by atoms with Crippen molar-refractivity contribution in [2.45, 2.75) is 12.3 Å². The summed E-state index contributed by atoms with van der Waals surface area (Å²) < 4.78 is 27.1. The molecule has 2 aromatic rings. The molecule has 0 nitrogen and oxygen atoms in total. The van der Waals surface area contributed by atoms with Crippen LogP contribution in [-0.2, 0) is 6.42 Å². The van der Waals surface area contributed by atoms with Crippen molar-refractivity contribution < 1.29 is 8.78 Å². The SMILES string of the molecule is Fc1ccc(CC(CCl)c2ccc(Br)cc2)cc1F. The van der Waals surface area contributed by atoms with Crippen molar-refractivity contribution in [1.82, 2.24) is 0 Å². The van der Waals surface area contributed by atoms with Crippen molar-refractivity contribution in [1.29, 1.82) is 0 Å². The van der Waals surface area contributed by atoms with Crippen LogP contribution in [0.4, 0.5) is 8.78 Å². The Morgan fingerprint density at radius 3 is 2.26 bits per heavy atom. The first-order valence-electron chi connectivity index (χ1n) is 5.85. The van der Waals surface area contributed by atoms with Crippen molar-refractivity contribution in [3.05, 3.63) is 69.7 Å². The second-order valence-corrected chi connectivity index (χ2v) is 5.58. The third-order valence-corrected chi connectivity index (χ3v) is 3.89. The van der Waals surface area contributed by atoms with Crippen LogP contribution in [0.1, 0.15) is 17.0 Å². The second-order valence-electron chi connectivity index (χ2n) is 4.36. The molecular weight excluding hydrogens is 334 g/mol. The molecule has 0 amide bonds. The molecule has 2 aromatic carbocycles. The van der Waals surface area contributed by atoms with Gasteiger partial charge in [-0.05, 0) is 41.8 Å². The number of benzene rings is 2. The fraction of sp³-hybridized carbons (Fsp3) is 0.200. The van der Waals surface area contributed by atoms with Crippen molar-refractivity contribution in [3.63, 3.8) is 0 Å². The molecule has 0 fully saturated rings. The Morgan fingerprint density at radius 1 is 1.00 bits per heavy atom. The maximum Gasteiger partial charge on any atom is 0.159 e. The maximum atomic E-state index is 13.2. The number of hydrogen-bond donors (Lipinski definition) is 0. The van der Waals surface area contributed by atoms with Gasteiger partial charge in [0.05, 0.1) is 0 Å². The van der Waals surface area contributed by atoms with Crippen molar-refractivity contribution >= 4 is 27.5 Å². The predicted molar refractivity (Wildman–Crippen MR) is 77.7 cm³/mol. The Hall–Kier alpha value is -0.930. The van der Waals surface area contributed by atoms with E-state index >= 15 is 0 Å². The van der Waals surface area contributed by atoms with Crippen molar-refractivity contribution in [2.24, 2.45) is 0 Å². The first kappa shape index (κ1) is 14.5. The summed E-state index contributed by atoms with van der Waals surface area (Å²) in [6, 6.07) is 11.8. The molecule has 0 radical (unpaired) electrons. The normalized spacial score (nSPS) is 12.4. The molecule has 0 bridgehead atoms. The molecule has 4 heteroatoms. The summed E-state index contributed by atoms with van der Waals surface area (Å²) in [5.41, 5.74) is 1.83. The van der Waals surface area contributed by atoms with E-state index in [4.69, 9.17) is 11.6 Å². The Labute approximate surface area is 124 Å². The molecule has 0 saturated carbocycles. The maximum absolute atomic E-state index is 13.2. The van der Waals surface area contributed by atoms with Gasteiger partial charge in [-0.15, -0.1) is 11.6 Å². The monoisotopic (exact) mass is 344 g/mol. The summed E-state index contributed by atoms with van der Waals surface area (Å²) in [5.74, 6) is -1.13. The average Bonchev–Trinajstić information content (AvgIpc) is 2.41. The molecule has 0 aliphatic rings. The van der Waals surface area contributed by atoms with Crippen molar-refractivity contribution in [3.8, 4) is 0 Å². The lowest BCUT2D eigenvalue weighted by Crippen LogP contribution is -2.05. The largest absolute Gasteiger partial charge is 0.204 e. The fourth-order valence-corrected chi connectivity index (χ4v) is 2.50.